The molecule has 1 heterocycles. The van der Waals surface area contributed by atoms with Crippen LogP contribution in [0.25, 0.3) is 0 Å². The first-order chi connectivity index (χ1) is 13.7. The Morgan fingerprint density at radius 2 is 1.86 bits per heavy atom. The van der Waals surface area contributed by atoms with Crippen LogP contribution in [-0.4, -0.2) is 37.7 Å². The Hall–Kier alpha value is -2.86. The topological polar surface area (TPSA) is 76.7 Å². The maximum absolute atomic E-state index is 12.4. The third kappa shape index (κ3) is 5.57. The monoisotopic (exact) mass is 382 g/mol. The first-order valence-corrected chi connectivity index (χ1v) is 9.65. The molecule has 1 aliphatic heterocycles. The van der Waals surface area contributed by atoms with E-state index in [1.54, 1.807) is 36.4 Å². The molecule has 1 atom stereocenters. The maximum atomic E-state index is 12.4. The third-order valence-electron chi connectivity index (χ3n) is 4.56. The van der Waals surface area contributed by atoms with Crippen LogP contribution >= 0.6 is 0 Å². The van der Waals surface area contributed by atoms with Gasteiger partial charge in [-0.25, -0.2) is 0 Å². The molecule has 3 rings (SSSR count). The van der Waals surface area contributed by atoms with Crippen LogP contribution < -0.4 is 15.4 Å². The van der Waals surface area contributed by atoms with Crippen LogP contribution in [0, 0.1) is 0 Å². The summed E-state index contributed by atoms with van der Waals surface area (Å²) in [6.07, 6.45) is 2.28. The van der Waals surface area contributed by atoms with Gasteiger partial charge in [0.25, 0.3) is 11.8 Å². The lowest BCUT2D eigenvalue weighted by Crippen LogP contribution is -2.24. The highest BCUT2D eigenvalue weighted by Gasteiger charge is 2.16. The zero-order valence-electron chi connectivity index (χ0n) is 16.1. The van der Waals surface area contributed by atoms with E-state index in [2.05, 4.69) is 10.6 Å². The van der Waals surface area contributed by atoms with Gasteiger partial charge in [-0.2, -0.15) is 0 Å². The number of amides is 2. The summed E-state index contributed by atoms with van der Waals surface area (Å²) in [5.74, 6) is 0.435. The van der Waals surface area contributed by atoms with E-state index in [0.29, 0.717) is 30.8 Å². The van der Waals surface area contributed by atoms with Gasteiger partial charge in [-0.1, -0.05) is 12.1 Å². The van der Waals surface area contributed by atoms with E-state index in [-0.39, 0.29) is 17.9 Å². The zero-order chi connectivity index (χ0) is 19.8. The number of rotatable bonds is 8. The number of benzene rings is 2. The lowest BCUT2D eigenvalue weighted by Gasteiger charge is -2.12. The molecule has 1 unspecified atom stereocenters. The van der Waals surface area contributed by atoms with Gasteiger partial charge in [-0.15, -0.1) is 0 Å². The van der Waals surface area contributed by atoms with Crippen LogP contribution in [0.2, 0.25) is 0 Å². The molecule has 0 bridgehead atoms. The Kier molecular flexibility index (Phi) is 7.03. The molecule has 0 spiro atoms. The quantitative estimate of drug-likeness (QED) is 0.736. The SMILES string of the molecule is CCNC(=O)c1cccc(CNC(=O)c2ccc(OCC3CCCO3)cc2)c1. The van der Waals surface area contributed by atoms with Crippen molar-refractivity contribution >= 4 is 11.8 Å². The van der Waals surface area contributed by atoms with Crippen LogP contribution in [0.15, 0.2) is 48.5 Å². The van der Waals surface area contributed by atoms with Crippen molar-refractivity contribution in [2.24, 2.45) is 0 Å². The van der Waals surface area contributed by atoms with Crippen LogP contribution in [0.1, 0.15) is 46.0 Å². The Morgan fingerprint density at radius 1 is 1.07 bits per heavy atom. The number of nitrogens with one attached hydrogen (secondary N) is 2. The van der Waals surface area contributed by atoms with Crippen LogP contribution in [0.5, 0.6) is 5.75 Å². The Balaban J connectivity index is 1.50. The molecule has 2 amide bonds. The summed E-state index contributed by atoms with van der Waals surface area (Å²) in [5, 5.41) is 5.65. The fourth-order valence-electron chi connectivity index (χ4n) is 3.04. The van der Waals surface area contributed by atoms with E-state index >= 15 is 0 Å². The predicted octanol–water partition coefficient (Wildman–Crippen LogP) is 2.92. The molecule has 1 aliphatic rings. The molecule has 0 radical (unpaired) electrons. The minimum atomic E-state index is -0.172. The second-order valence-electron chi connectivity index (χ2n) is 6.71. The molecule has 28 heavy (non-hydrogen) atoms. The molecule has 6 heteroatoms. The lowest BCUT2D eigenvalue weighted by atomic mass is 10.1. The Labute approximate surface area is 165 Å². The van der Waals surface area contributed by atoms with E-state index in [1.165, 1.54) is 0 Å². The van der Waals surface area contributed by atoms with Crippen molar-refractivity contribution in [3.63, 3.8) is 0 Å². The van der Waals surface area contributed by atoms with Crippen molar-refractivity contribution in [1.29, 1.82) is 0 Å². The number of hydrogen-bond donors (Lipinski definition) is 2. The molecule has 0 aliphatic carbocycles. The summed E-state index contributed by atoms with van der Waals surface area (Å²) in [7, 11) is 0. The first-order valence-electron chi connectivity index (χ1n) is 9.65. The van der Waals surface area contributed by atoms with Gasteiger partial charge in [-0.05, 0) is 61.7 Å². The van der Waals surface area contributed by atoms with Gasteiger partial charge in [0.1, 0.15) is 12.4 Å². The highest BCUT2D eigenvalue weighted by molar-refractivity contribution is 5.95. The highest BCUT2D eigenvalue weighted by atomic mass is 16.5. The van der Waals surface area contributed by atoms with Crippen molar-refractivity contribution in [1.82, 2.24) is 10.6 Å². The van der Waals surface area contributed by atoms with Crippen LogP contribution in [0.4, 0.5) is 0 Å². The smallest absolute Gasteiger partial charge is 0.251 e. The summed E-state index contributed by atoms with van der Waals surface area (Å²) in [4.78, 5) is 24.3. The minimum absolute atomic E-state index is 0.116. The molecule has 0 aromatic heterocycles. The van der Waals surface area contributed by atoms with Gasteiger partial charge in [0.2, 0.25) is 0 Å². The predicted molar refractivity (Wildman–Crippen MR) is 107 cm³/mol. The molecule has 2 N–H and O–H groups in total. The summed E-state index contributed by atoms with van der Waals surface area (Å²) < 4.78 is 11.2. The van der Waals surface area contributed by atoms with Crippen molar-refractivity contribution < 1.29 is 19.1 Å². The number of hydrogen-bond acceptors (Lipinski definition) is 4. The summed E-state index contributed by atoms with van der Waals surface area (Å²) >= 11 is 0. The van der Waals surface area contributed by atoms with Crippen molar-refractivity contribution in [3.8, 4) is 5.75 Å². The van der Waals surface area contributed by atoms with Gasteiger partial charge < -0.3 is 20.1 Å². The average molecular weight is 382 g/mol. The number of carbonyl (C=O) groups excluding carboxylic acids is 2. The average Bonchev–Trinajstić information content (AvgIpc) is 3.25. The van der Waals surface area contributed by atoms with Gasteiger partial charge in [0.15, 0.2) is 0 Å². The summed E-state index contributed by atoms with van der Waals surface area (Å²) in [6.45, 7) is 4.14. The molecule has 0 saturated carbocycles. The number of carbonyl (C=O) groups is 2. The lowest BCUT2D eigenvalue weighted by molar-refractivity contribution is 0.0679. The molecular formula is C22H26N2O4. The van der Waals surface area contributed by atoms with Crippen LogP contribution in [0.3, 0.4) is 0 Å². The van der Waals surface area contributed by atoms with E-state index in [0.717, 1.165) is 30.8 Å². The highest BCUT2D eigenvalue weighted by Crippen LogP contribution is 2.16. The second-order valence-corrected chi connectivity index (χ2v) is 6.71. The standard InChI is InChI=1S/C22H26N2O4/c1-2-23-22(26)18-6-3-5-16(13-18)14-24-21(25)17-8-10-19(11-9-17)28-15-20-7-4-12-27-20/h3,5-6,8-11,13,20H,2,4,7,12,14-15H2,1H3,(H,23,26)(H,24,25). The third-order valence-corrected chi connectivity index (χ3v) is 4.56. The van der Waals surface area contributed by atoms with Gasteiger partial charge >= 0.3 is 0 Å². The molecule has 2 aromatic rings. The van der Waals surface area contributed by atoms with E-state index in [4.69, 9.17) is 9.47 Å². The first kappa shape index (κ1) is 19.9. The molecule has 148 valence electrons. The van der Waals surface area contributed by atoms with Crippen LogP contribution in [-0.2, 0) is 11.3 Å². The number of ether oxygens (including phenoxy) is 2. The van der Waals surface area contributed by atoms with Crippen molar-refractivity contribution in [2.75, 3.05) is 19.8 Å². The molecule has 6 nitrogen and oxygen atoms in total. The van der Waals surface area contributed by atoms with E-state index in [1.807, 2.05) is 19.1 Å². The van der Waals surface area contributed by atoms with Gasteiger partial charge in [-0.3, -0.25) is 9.59 Å². The largest absolute Gasteiger partial charge is 0.491 e. The second kappa shape index (κ2) is 9.90. The van der Waals surface area contributed by atoms with E-state index in [9.17, 15) is 9.59 Å². The molecular weight excluding hydrogens is 356 g/mol. The molecule has 1 fully saturated rings. The zero-order valence-corrected chi connectivity index (χ0v) is 16.1. The summed E-state index contributed by atoms with van der Waals surface area (Å²) in [5.41, 5.74) is 2.01. The van der Waals surface area contributed by atoms with Crippen molar-refractivity contribution in [2.45, 2.75) is 32.4 Å². The summed E-state index contributed by atoms with van der Waals surface area (Å²) in [6, 6.07) is 14.3. The maximum Gasteiger partial charge on any atom is 0.251 e. The van der Waals surface area contributed by atoms with Gasteiger partial charge in [0, 0.05) is 30.8 Å². The fourth-order valence-corrected chi connectivity index (χ4v) is 3.04. The fraction of sp³-hybridized carbons (Fsp3) is 0.364. The minimum Gasteiger partial charge on any atom is -0.491 e. The van der Waals surface area contributed by atoms with Gasteiger partial charge in [0.05, 0.1) is 6.10 Å². The Bertz CT molecular complexity index is 798. The Morgan fingerprint density at radius 3 is 2.57 bits per heavy atom. The molecule has 2 aromatic carbocycles. The van der Waals surface area contributed by atoms with E-state index < -0.39 is 0 Å². The molecule has 1 saturated heterocycles. The normalized spacial score (nSPS) is 15.8. The van der Waals surface area contributed by atoms with Crippen molar-refractivity contribution in [3.05, 3.63) is 65.2 Å².